The number of benzene rings is 1. The van der Waals surface area contributed by atoms with Crippen molar-refractivity contribution in [3.8, 4) is 0 Å². The maximum atomic E-state index is 4.47. The number of rotatable bonds is 3. The number of aromatic nitrogens is 2. The first-order chi connectivity index (χ1) is 7.34. The van der Waals surface area contributed by atoms with E-state index in [4.69, 9.17) is 0 Å². The van der Waals surface area contributed by atoms with E-state index in [1.54, 1.807) is 11.9 Å². The molecule has 1 heterocycles. The van der Waals surface area contributed by atoms with Crippen molar-refractivity contribution < 1.29 is 0 Å². The molecule has 0 spiro atoms. The molecular weight excluding hydrogens is 206 g/mol. The highest BCUT2D eigenvalue weighted by Crippen LogP contribution is 2.35. The average Bonchev–Trinajstić information content (AvgIpc) is 3.03. The zero-order chi connectivity index (χ0) is 10.3. The second-order valence-electron chi connectivity index (χ2n) is 3.91. The maximum absolute atomic E-state index is 4.47. The van der Waals surface area contributed by atoms with Gasteiger partial charge >= 0.3 is 0 Å². The molecule has 0 bridgehead atoms. The molecule has 0 aliphatic heterocycles. The van der Waals surface area contributed by atoms with Gasteiger partial charge in [-0.05, 0) is 36.9 Å². The van der Waals surface area contributed by atoms with Crippen LogP contribution in [0.1, 0.15) is 12.8 Å². The summed E-state index contributed by atoms with van der Waals surface area (Å²) in [5.41, 5.74) is 1.18. The largest absolute Gasteiger partial charge is 0.312 e. The van der Waals surface area contributed by atoms with Gasteiger partial charge in [0, 0.05) is 17.7 Å². The van der Waals surface area contributed by atoms with E-state index in [1.165, 1.54) is 23.7 Å². The minimum atomic E-state index is 0.797. The normalized spacial score (nSPS) is 15.8. The lowest BCUT2D eigenvalue weighted by molar-refractivity contribution is 0.802. The van der Waals surface area contributed by atoms with E-state index in [1.807, 2.05) is 17.8 Å². The Balaban J connectivity index is 1.94. The van der Waals surface area contributed by atoms with Gasteiger partial charge in [0.2, 0.25) is 0 Å². The van der Waals surface area contributed by atoms with E-state index in [-0.39, 0.29) is 0 Å². The molecule has 3 nitrogen and oxygen atoms in total. The zero-order valence-electron chi connectivity index (χ0n) is 8.60. The Kier molecular flexibility index (Phi) is 2.09. The molecule has 1 aromatic carbocycles. The molecule has 0 unspecified atom stereocenters. The molecule has 0 saturated heterocycles. The van der Waals surface area contributed by atoms with E-state index in [2.05, 4.69) is 28.0 Å². The van der Waals surface area contributed by atoms with Crippen LogP contribution in [0.2, 0.25) is 0 Å². The number of aryl methyl sites for hydroxylation is 1. The van der Waals surface area contributed by atoms with Crippen LogP contribution in [0.3, 0.4) is 0 Å². The van der Waals surface area contributed by atoms with Gasteiger partial charge in [-0.15, -0.1) is 0 Å². The van der Waals surface area contributed by atoms with Crippen LogP contribution in [0.15, 0.2) is 24.3 Å². The van der Waals surface area contributed by atoms with Gasteiger partial charge in [0.15, 0.2) is 5.82 Å². The summed E-state index contributed by atoms with van der Waals surface area (Å²) in [6, 6.07) is 8.30. The Bertz CT molecular complexity index is 488. The molecule has 3 rings (SSSR count). The Morgan fingerprint density at radius 2 is 2.20 bits per heavy atom. The number of nitrogens with zero attached hydrogens (tertiary/aromatic N) is 2. The SMILES string of the molecule is Cn1nc(NSC2CC2)c2ccccc21. The number of nitrogens with one attached hydrogen (secondary N) is 1. The molecule has 0 atom stereocenters. The molecule has 78 valence electrons. The van der Waals surface area contributed by atoms with Crippen molar-refractivity contribution in [2.75, 3.05) is 4.72 Å². The van der Waals surface area contributed by atoms with E-state index in [0.29, 0.717) is 0 Å². The zero-order valence-corrected chi connectivity index (χ0v) is 9.42. The minimum Gasteiger partial charge on any atom is -0.312 e. The van der Waals surface area contributed by atoms with Gasteiger partial charge in [0.1, 0.15) is 0 Å². The summed E-state index contributed by atoms with van der Waals surface area (Å²) in [6.07, 6.45) is 2.67. The topological polar surface area (TPSA) is 29.9 Å². The van der Waals surface area contributed by atoms with Gasteiger partial charge in [0.25, 0.3) is 0 Å². The van der Waals surface area contributed by atoms with Crippen LogP contribution in [0.4, 0.5) is 5.82 Å². The minimum absolute atomic E-state index is 0.797. The quantitative estimate of drug-likeness (QED) is 0.805. The van der Waals surface area contributed by atoms with Crippen LogP contribution in [0, 0.1) is 0 Å². The Morgan fingerprint density at radius 3 is 3.00 bits per heavy atom. The number of anilines is 1. The summed E-state index contributed by atoms with van der Waals surface area (Å²) < 4.78 is 5.28. The summed E-state index contributed by atoms with van der Waals surface area (Å²) in [4.78, 5) is 0. The van der Waals surface area contributed by atoms with Crippen LogP contribution in [-0.2, 0) is 7.05 Å². The van der Waals surface area contributed by atoms with Gasteiger partial charge in [-0.2, -0.15) is 5.10 Å². The van der Waals surface area contributed by atoms with Crippen molar-refractivity contribution in [1.29, 1.82) is 0 Å². The number of fused-ring (bicyclic) bond motifs is 1. The van der Waals surface area contributed by atoms with Crippen molar-refractivity contribution in [1.82, 2.24) is 9.78 Å². The lowest BCUT2D eigenvalue weighted by Gasteiger charge is -1.99. The highest BCUT2D eigenvalue weighted by molar-refractivity contribution is 8.01. The molecule has 1 aromatic heterocycles. The molecular formula is C11H13N3S. The first-order valence-electron chi connectivity index (χ1n) is 5.18. The monoisotopic (exact) mass is 219 g/mol. The predicted octanol–water partition coefficient (Wildman–Crippen LogP) is 2.80. The third-order valence-electron chi connectivity index (χ3n) is 2.60. The van der Waals surface area contributed by atoms with Gasteiger partial charge in [-0.25, -0.2) is 0 Å². The fraction of sp³-hybridized carbons (Fsp3) is 0.364. The molecule has 1 fully saturated rings. The van der Waals surface area contributed by atoms with E-state index in [9.17, 15) is 0 Å². The lowest BCUT2D eigenvalue weighted by Crippen LogP contribution is -1.92. The van der Waals surface area contributed by atoms with Crippen LogP contribution >= 0.6 is 11.9 Å². The summed E-state index contributed by atoms with van der Waals surface area (Å²) in [6.45, 7) is 0. The third kappa shape index (κ3) is 1.69. The van der Waals surface area contributed by atoms with Crippen molar-refractivity contribution in [3.63, 3.8) is 0 Å². The number of hydrogen-bond acceptors (Lipinski definition) is 3. The summed E-state index contributed by atoms with van der Waals surface area (Å²) in [7, 11) is 1.98. The van der Waals surface area contributed by atoms with Crippen LogP contribution in [0.25, 0.3) is 10.9 Å². The molecule has 1 N–H and O–H groups in total. The van der Waals surface area contributed by atoms with E-state index >= 15 is 0 Å². The van der Waals surface area contributed by atoms with Crippen molar-refractivity contribution >= 4 is 28.7 Å². The van der Waals surface area contributed by atoms with Crippen LogP contribution in [0.5, 0.6) is 0 Å². The molecule has 15 heavy (non-hydrogen) atoms. The molecule has 1 aliphatic carbocycles. The smallest absolute Gasteiger partial charge is 0.165 e. The highest BCUT2D eigenvalue weighted by Gasteiger charge is 2.22. The van der Waals surface area contributed by atoms with Crippen LogP contribution < -0.4 is 4.72 Å². The maximum Gasteiger partial charge on any atom is 0.165 e. The van der Waals surface area contributed by atoms with Crippen molar-refractivity contribution in [2.45, 2.75) is 18.1 Å². The Morgan fingerprint density at radius 1 is 1.40 bits per heavy atom. The standard InChI is InChI=1S/C11H13N3S/c1-14-10-5-3-2-4-9(10)11(12-14)13-15-8-6-7-8/h2-5,8H,6-7H2,1H3,(H,12,13). The Hall–Kier alpha value is -1.16. The second kappa shape index (κ2) is 3.45. The molecule has 0 radical (unpaired) electrons. The van der Waals surface area contributed by atoms with Crippen molar-refractivity contribution in [2.24, 2.45) is 7.05 Å². The molecule has 0 amide bonds. The van der Waals surface area contributed by atoms with Crippen molar-refractivity contribution in [3.05, 3.63) is 24.3 Å². The molecule has 1 saturated carbocycles. The van der Waals surface area contributed by atoms with Gasteiger partial charge in [0.05, 0.1) is 5.52 Å². The summed E-state index contributed by atoms with van der Waals surface area (Å²) in [5.74, 6) is 0.991. The average molecular weight is 219 g/mol. The fourth-order valence-electron chi connectivity index (χ4n) is 1.61. The second-order valence-corrected chi connectivity index (χ2v) is 5.02. The summed E-state index contributed by atoms with van der Waals surface area (Å²) >= 11 is 1.80. The Labute approximate surface area is 93.0 Å². The lowest BCUT2D eigenvalue weighted by atomic mass is 10.2. The van der Waals surface area contributed by atoms with E-state index in [0.717, 1.165) is 11.1 Å². The molecule has 2 aromatic rings. The summed E-state index contributed by atoms with van der Waals surface area (Å²) in [5, 5.41) is 6.47. The van der Waals surface area contributed by atoms with E-state index < -0.39 is 0 Å². The first kappa shape index (κ1) is 9.09. The van der Waals surface area contributed by atoms with Gasteiger partial charge in [-0.1, -0.05) is 12.1 Å². The molecule has 4 heteroatoms. The highest BCUT2D eigenvalue weighted by atomic mass is 32.2. The van der Waals surface area contributed by atoms with Gasteiger partial charge in [-0.3, -0.25) is 4.68 Å². The third-order valence-corrected chi connectivity index (χ3v) is 3.72. The van der Waals surface area contributed by atoms with Crippen LogP contribution in [-0.4, -0.2) is 15.0 Å². The molecule has 1 aliphatic rings. The fourth-order valence-corrected chi connectivity index (χ4v) is 2.42. The first-order valence-corrected chi connectivity index (χ1v) is 6.06. The number of hydrogen-bond donors (Lipinski definition) is 1. The predicted molar refractivity (Wildman–Crippen MR) is 64.9 cm³/mol. The van der Waals surface area contributed by atoms with Gasteiger partial charge < -0.3 is 4.72 Å². The number of para-hydroxylation sites is 1.